The van der Waals surface area contributed by atoms with Gasteiger partial charge < -0.3 is 10.0 Å². The lowest BCUT2D eigenvalue weighted by Crippen LogP contribution is -2.21. The van der Waals surface area contributed by atoms with Crippen LogP contribution in [0, 0.1) is 12.8 Å². The average molecular weight is 234 g/mol. The molecule has 1 aromatic rings. The second-order valence-electron chi connectivity index (χ2n) is 5.02. The van der Waals surface area contributed by atoms with Crippen molar-refractivity contribution in [1.82, 2.24) is 4.98 Å². The van der Waals surface area contributed by atoms with Gasteiger partial charge in [-0.1, -0.05) is 13.3 Å². The summed E-state index contributed by atoms with van der Waals surface area (Å²) in [6.07, 6.45) is 3.86. The summed E-state index contributed by atoms with van der Waals surface area (Å²) < 4.78 is 0. The lowest BCUT2D eigenvalue weighted by molar-refractivity contribution is 0.281. The highest BCUT2D eigenvalue weighted by molar-refractivity contribution is 5.43. The second-order valence-corrected chi connectivity index (χ2v) is 5.02. The van der Waals surface area contributed by atoms with E-state index in [4.69, 9.17) is 0 Å². The zero-order valence-electron chi connectivity index (χ0n) is 10.8. The van der Waals surface area contributed by atoms with Crippen LogP contribution in [0.15, 0.2) is 12.1 Å². The van der Waals surface area contributed by atoms with Gasteiger partial charge in [0.05, 0.1) is 6.61 Å². The highest BCUT2D eigenvalue weighted by atomic mass is 16.3. The van der Waals surface area contributed by atoms with E-state index in [0.29, 0.717) is 0 Å². The Bertz CT molecular complexity index is 378. The van der Waals surface area contributed by atoms with Gasteiger partial charge >= 0.3 is 0 Å². The predicted octanol–water partition coefficient (Wildman–Crippen LogP) is 2.51. The van der Waals surface area contributed by atoms with E-state index in [1.54, 1.807) is 0 Å². The SMILES string of the molecule is CCCC1CCN(c2cc(CO)cc(C)n2)C1. The summed E-state index contributed by atoms with van der Waals surface area (Å²) in [6, 6.07) is 3.96. The van der Waals surface area contributed by atoms with Gasteiger partial charge in [0, 0.05) is 18.8 Å². The Balaban J connectivity index is 2.10. The largest absolute Gasteiger partial charge is 0.392 e. The third-order valence-corrected chi connectivity index (χ3v) is 3.49. The van der Waals surface area contributed by atoms with E-state index in [2.05, 4.69) is 16.8 Å². The van der Waals surface area contributed by atoms with E-state index in [9.17, 15) is 5.11 Å². The third kappa shape index (κ3) is 2.97. The maximum Gasteiger partial charge on any atom is 0.129 e. The van der Waals surface area contributed by atoms with Crippen LogP contribution in [0.3, 0.4) is 0 Å². The van der Waals surface area contributed by atoms with E-state index in [1.807, 2.05) is 19.1 Å². The third-order valence-electron chi connectivity index (χ3n) is 3.49. The Kier molecular flexibility index (Phi) is 4.00. The summed E-state index contributed by atoms with van der Waals surface area (Å²) in [5, 5.41) is 9.22. The first-order valence-corrected chi connectivity index (χ1v) is 6.56. The van der Waals surface area contributed by atoms with E-state index in [1.165, 1.54) is 19.3 Å². The van der Waals surface area contributed by atoms with E-state index in [-0.39, 0.29) is 6.61 Å². The quantitative estimate of drug-likeness (QED) is 0.869. The van der Waals surface area contributed by atoms with Crippen LogP contribution in [-0.4, -0.2) is 23.2 Å². The molecule has 0 aromatic carbocycles. The van der Waals surface area contributed by atoms with Crippen LogP contribution in [-0.2, 0) is 6.61 Å². The van der Waals surface area contributed by atoms with Crippen LogP contribution >= 0.6 is 0 Å². The summed E-state index contributed by atoms with van der Waals surface area (Å²) in [5.74, 6) is 1.85. The fourth-order valence-electron chi connectivity index (χ4n) is 2.66. The molecule has 3 heteroatoms. The molecule has 2 heterocycles. The van der Waals surface area contributed by atoms with Gasteiger partial charge in [-0.3, -0.25) is 0 Å². The Morgan fingerprint density at radius 3 is 3.00 bits per heavy atom. The molecule has 1 N–H and O–H groups in total. The Morgan fingerprint density at radius 2 is 2.29 bits per heavy atom. The number of anilines is 1. The van der Waals surface area contributed by atoms with Crippen LogP contribution in [0.1, 0.15) is 37.4 Å². The predicted molar refractivity (Wildman–Crippen MR) is 70.1 cm³/mol. The van der Waals surface area contributed by atoms with Crippen molar-refractivity contribution in [2.75, 3.05) is 18.0 Å². The Labute approximate surface area is 103 Å². The smallest absolute Gasteiger partial charge is 0.129 e. The molecule has 0 bridgehead atoms. The van der Waals surface area contributed by atoms with Crippen molar-refractivity contribution in [3.8, 4) is 0 Å². The van der Waals surface area contributed by atoms with Crippen LogP contribution in [0.2, 0.25) is 0 Å². The summed E-state index contributed by atoms with van der Waals surface area (Å²) in [5.41, 5.74) is 1.96. The summed E-state index contributed by atoms with van der Waals surface area (Å²) in [4.78, 5) is 6.93. The Hall–Kier alpha value is -1.09. The lowest BCUT2D eigenvalue weighted by atomic mass is 10.0. The molecule has 3 nitrogen and oxygen atoms in total. The first-order valence-electron chi connectivity index (χ1n) is 6.56. The molecule has 1 aromatic heterocycles. The van der Waals surface area contributed by atoms with Gasteiger partial charge in [0.15, 0.2) is 0 Å². The van der Waals surface area contributed by atoms with E-state index >= 15 is 0 Å². The van der Waals surface area contributed by atoms with E-state index in [0.717, 1.165) is 36.1 Å². The molecule has 0 amide bonds. The number of aryl methyl sites for hydroxylation is 1. The van der Waals surface area contributed by atoms with Crippen LogP contribution in [0.5, 0.6) is 0 Å². The van der Waals surface area contributed by atoms with Gasteiger partial charge in [0.1, 0.15) is 5.82 Å². The summed E-state index contributed by atoms with van der Waals surface area (Å²) >= 11 is 0. The first-order chi connectivity index (χ1) is 8.22. The number of aliphatic hydroxyl groups is 1. The molecule has 2 rings (SSSR count). The molecule has 1 atom stereocenters. The molecule has 1 saturated heterocycles. The van der Waals surface area contributed by atoms with Crippen molar-refractivity contribution < 1.29 is 5.11 Å². The topological polar surface area (TPSA) is 36.4 Å². The molecule has 0 saturated carbocycles. The molecule has 17 heavy (non-hydrogen) atoms. The number of aromatic nitrogens is 1. The van der Waals surface area contributed by atoms with E-state index < -0.39 is 0 Å². The molecule has 0 radical (unpaired) electrons. The van der Waals surface area contributed by atoms with Crippen LogP contribution < -0.4 is 4.90 Å². The number of hydrogen-bond donors (Lipinski definition) is 1. The van der Waals surface area contributed by atoms with Crippen LogP contribution in [0.25, 0.3) is 0 Å². The van der Waals surface area contributed by atoms with Crippen molar-refractivity contribution in [2.24, 2.45) is 5.92 Å². The number of hydrogen-bond acceptors (Lipinski definition) is 3. The minimum absolute atomic E-state index is 0.0998. The molecule has 1 unspecified atom stereocenters. The van der Waals surface area contributed by atoms with Crippen molar-refractivity contribution >= 4 is 5.82 Å². The van der Waals surface area contributed by atoms with Gasteiger partial charge in [-0.2, -0.15) is 0 Å². The number of rotatable bonds is 4. The van der Waals surface area contributed by atoms with Gasteiger partial charge in [-0.15, -0.1) is 0 Å². The van der Waals surface area contributed by atoms with Crippen molar-refractivity contribution in [3.05, 3.63) is 23.4 Å². The molecule has 1 aliphatic rings. The van der Waals surface area contributed by atoms with Crippen molar-refractivity contribution in [3.63, 3.8) is 0 Å². The normalized spacial score (nSPS) is 19.9. The number of aliphatic hydroxyl groups excluding tert-OH is 1. The minimum Gasteiger partial charge on any atom is -0.392 e. The molecule has 0 spiro atoms. The van der Waals surface area contributed by atoms with Gasteiger partial charge in [0.2, 0.25) is 0 Å². The molecule has 1 fully saturated rings. The maximum absolute atomic E-state index is 9.22. The van der Waals surface area contributed by atoms with Gasteiger partial charge in [0.25, 0.3) is 0 Å². The monoisotopic (exact) mass is 234 g/mol. The second kappa shape index (κ2) is 5.50. The molecule has 94 valence electrons. The molecule has 0 aliphatic carbocycles. The molecule has 1 aliphatic heterocycles. The fraction of sp³-hybridized carbons (Fsp3) is 0.643. The minimum atomic E-state index is 0.0998. The maximum atomic E-state index is 9.22. The number of nitrogens with zero attached hydrogens (tertiary/aromatic N) is 2. The number of pyridine rings is 1. The zero-order chi connectivity index (χ0) is 12.3. The van der Waals surface area contributed by atoms with Crippen molar-refractivity contribution in [2.45, 2.75) is 39.7 Å². The lowest BCUT2D eigenvalue weighted by Gasteiger charge is -2.18. The van der Waals surface area contributed by atoms with Gasteiger partial charge in [-0.25, -0.2) is 4.98 Å². The molecular formula is C14H22N2O. The molecular weight excluding hydrogens is 212 g/mol. The first kappa shape index (κ1) is 12.4. The average Bonchev–Trinajstić information content (AvgIpc) is 2.77. The summed E-state index contributed by atoms with van der Waals surface area (Å²) in [6.45, 7) is 6.56. The van der Waals surface area contributed by atoms with Crippen LogP contribution in [0.4, 0.5) is 5.82 Å². The zero-order valence-corrected chi connectivity index (χ0v) is 10.8. The highest BCUT2D eigenvalue weighted by Crippen LogP contribution is 2.26. The highest BCUT2D eigenvalue weighted by Gasteiger charge is 2.22. The summed E-state index contributed by atoms with van der Waals surface area (Å²) in [7, 11) is 0. The van der Waals surface area contributed by atoms with Gasteiger partial charge in [-0.05, 0) is 43.4 Å². The standard InChI is InChI=1S/C14H22N2O/c1-3-4-12-5-6-16(9-12)14-8-13(10-17)7-11(2)15-14/h7-8,12,17H,3-6,9-10H2,1-2H3. The van der Waals surface area contributed by atoms with Crippen molar-refractivity contribution in [1.29, 1.82) is 0 Å². The Morgan fingerprint density at radius 1 is 1.47 bits per heavy atom. The fourth-order valence-corrected chi connectivity index (χ4v) is 2.66.